The maximum absolute atomic E-state index is 14.3. The maximum Gasteiger partial charge on any atom is 0.278 e. The van der Waals surface area contributed by atoms with Gasteiger partial charge in [0.15, 0.2) is 5.69 Å². The summed E-state index contributed by atoms with van der Waals surface area (Å²) in [5.41, 5.74) is 0.705. The van der Waals surface area contributed by atoms with Gasteiger partial charge in [0.05, 0.1) is 5.69 Å². The molecule has 0 radical (unpaired) electrons. The van der Waals surface area contributed by atoms with Gasteiger partial charge in [-0.2, -0.15) is 9.78 Å². The van der Waals surface area contributed by atoms with Crippen LogP contribution >= 0.6 is 0 Å². The molecule has 0 spiro atoms. The van der Waals surface area contributed by atoms with E-state index < -0.39 is 17.2 Å². The number of carbonyl (C=O) groups excluding carboxylic acids is 1. The zero-order chi connectivity index (χ0) is 23.7. The summed E-state index contributed by atoms with van der Waals surface area (Å²) in [6, 6.07) is 16.9. The number of halogens is 1. The third-order valence-corrected chi connectivity index (χ3v) is 5.69. The number of rotatable bonds is 4. The molecular weight excluding hydrogens is 439 g/mol. The van der Waals surface area contributed by atoms with E-state index in [1.54, 1.807) is 34.7 Å². The Labute approximate surface area is 193 Å². The normalized spacial score (nSPS) is 13.8. The molecule has 0 aliphatic carbocycles. The Bertz CT molecular complexity index is 1390. The Balaban J connectivity index is 1.36. The zero-order valence-electron chi connectivity index (χ0n) is 18.4. The molecule has 11 heteroatoms. The molecule has 4 aromatic rings. The third kappa shape index (κ3) is 3.91. The molecule has 0 bridgehead atoms. The van der Waals surface area contributed by atoms with E-state index in [0.29, 0.717) is 37.8 Å². The Hall–Kier alpha value is -4.41. The number of tetrazole rings is 1. The van der Waals surface area contributed by atoms with Crippen LogP contribution in [-0.2, 0) is 0 Å². The number of nitrogens with zero attached hydrogens (tertiary/aromatic N) is 8. The van der Waals surface area contributed by atoms with Crippen LogP contribution in [0.25, 0.3) is 11.4 Å². The molecular formula is C23H21FN8O2. The second-order valence-electron chi connectivity index (χ2n) is 7.87. The average Bonchev–Trinajstić information content (AvgIpc) is 3.35. The van der Waals surface area contributed by atoms with E-state index in [1.165, 1.54) is 16.8 Å². The molecule has 3 heterocycles. The van der Waals surface area contributed by atoms with Crippen molar-refractivity contribution in [2.24, 2.45) is 0 Å². The fourth-order valence-corrected chi connectivity index (χ4v) is 3.94. The van der Waals surface area contributed by atoms with Gasteiger partial charge in [0.2, 0.25) is 11.4 Å². The van der Waals surface area contributed by atoms with Gasteiger partial charge in [-0.3, -0.25) is 9.59 Å². The van der Waals surface area contributed by atoms with Crippen LogP contribution in [0.15, 0.2) is 65.5 Å². The number of hydrogen-bond acceptors (Lipinski definition) is 7. The van der Waals surface area contributed by atoms with E-state index in [4.69, 9.17) is 0 Å². The lowest BCUT2D eigenvalue weighted by molar-refractivity contribution is 0.0736. The van der Waals surface area contributed by atoms with Crippen LogP contribution in [0.4, 0.5) is 10.3 Å². The molecule has 2 aromatic heterocycles. The zero-order valence-corrected chi connectivity index (χ0v) is 18.4. The molecule has 0 saturated carbocycles. The minimum Gasteiger partial charge on any atom is -0.336 e. The number of piperazine rings is 1. The summed E-state index contributed by atoms with van der Waals surface area (Å²) in [5, 5.41) is 16.2. The van der Waals surface area contributed by atoms with Crippen molar-refractivity contribution in [3.63, 3.8) is 0 Å². The first-order chi connectivity index (χ1) is 16.5. The van der Waals surface area contributed by atoms with E-state index in [-0.39, 0.29) is 11.4 Å². The van der Waals surface area contributed by atoms with Crippen LogP contribution in [0.5, 0.6) is 0 Å². The van der Waals surface area contributed by atoms with E-state index in [9.17, 15) is 14.0 Å². The molecule has 34 heavy (non-hydrogen) atoms. The number of para-hydroxylation sites is 2. The fraction of sp³-hybridized carbons (Fsp3) is 0.217. The standard InChI is InChI=1S/C23H21FN8O2/c1-16-15-20(33)21(26-31(16)19-10-6-5-9-18(19)24)22(34)29-11-13-30(14-12-29)23-25-27-28-32(23)17-7-3-2-4-8-17/h2-10,15H,11-14H2,1H3. The van der Waals surface area contributed by atoms with Crippen molar-refractivity contribution in [2.45, 2.75) is 6.92 Å². The summed E-state index contributed by atoms with van der Waals surface area (Å²) in [6.07, 6.45) is 0. The van der Waals surface area contributed by atoms with Gasteiger partial charge in [0.1, 0.15) is 11.5 Å². The van der Waals surface area contributed by atoms with Crippen LogP contribution < -0.4 is 10.3 Å². The predicted octanol–water partition coefficient (Wildman–Crippen LogP) is 1.62. The number of aromatic nitrogens is 6. The van der Waals surface area contributed by atoms with Crippen molar-refractivity contribution in [3.05, 3.63) is 88.1 Å². The van der Waals surface area contributed by atoms with E-state index in [2.05, 4.69) is 20.6 Å². The first-order valence-corrected chi connectivity index (χ1v) is 10.8. The summed E-state index contributed by atoms with van der Waals surface area (Å²) < 4.78 is 17.2. The van der Waals surface area contributed by atoms with Crippen LogP contribution in [0.3, 0.4) is 0 Å². The molecule has 1 saturated heterocycles. The lowest BCUT2D eigenvalue weighted by Gasteiger charge is -2.34. The van der Waals surface area contributed by atoms with Crippen LogP contribution in [0, 0.1) is 12.7 Å². The van der Waals surface area contributed by atoms with Crippen molar-refractivity contribution in [1.82, 2.24) is 34.9 Å². The van der Waals surface area contributed by atoms with Gasteiger partial charge in [-0.15, -0.1) is 0 Å². The van der Waals surface area contributed by atoms with Crippen molar-refractivity contribution < 1.29 is 9.18 Å². The Morgan fingerprint density at radius 3 is 2.38 bits per heavy atom. The molecule has 1 aliphatic heterocycles. The summed E-state index contributed by atoms with van der Waals surface area (Å²) in [5.74, 6) is -0.407. The first kappa shape index (κ1) is 21.4. The number of carbonyl (C=O) groups is 1. The molecule has 0 atom stereocenters. The molecule has 10 nitrogen and oxygen atoms in total. The molecule has 1 aliphatic rings. The topological polar surface area (TPSA) is 102 Å². The van der Waals surface area contributed by atoms with Crippen molar-refractivity contribution in [2.75, 3.05) is 31.1 Å². The smallest absolute Gasteiger partial charge is 0.278 e. The van der Waals surface area contributed by atoms with Crippen LogP contribution in [0.2, 0.25) is 0 Å². The lowest BCUT2D eigenvalue weighted by Crippen LogP contribution is -2.50. The SMILES string of the molecule is Cc1cc(=O)c(C(=O)N2CCN(c3nnnn3-c3ccccc3)CC2)nn1-c1ccccc1F. The van der Waals surface area contributed by atoms with E-state index in [0.717, 1.165) is 5.69 Å². The highest BCUT2D eigenvalue weighted by Crippen LogP contribution is 2.18. The highest BCUT2D eigenvalue weighted by molar-refractivity contribution is 5.92. The van der Waals surface area contributed by atoms with Crippen molar-refractivity contribution in [1.29, 1.82) is 0 Å². The Kier molecular flexibility index (Phi) is 5.58. The Morgan fingerprint density at radius 2 is 1.65 bits per heavy atom. The van der Waals surface area contributed by atoms with Gasteiger partial charge < -0.3 is 9.80 Å². The molecule has 172 valence electrons. The molecule has 0 N–H and O–H groups in total. The van der Waals surface area contributed by atoms with Gasteiger partial charge in [-0.05, 0) is 41.6 Å². The number of anilines is 1. The van der Waals surface area contributed by atoms with E-state index >= 15 is 0 Å². The quantitative estimate of drug-likeness (QED) is 0.456. The first-order valence-electron chi connectivity index (χ1n) is 10.8. The molecule has 0 unspecified atom stereocenters. The fourth-order valence-electron chi connectivity index (χ4n) is 3.94. The third-order valence-electron chi connectivity index (χ3n) is 5.69. The Morgan fingerprint density at radius 1 is 0.941 bits per heavy atom. The number of amides is 1. The summed E-state index contributed by atoms with van der Waals surface area (Å²) in [7, 11) is 0. The average molecular weight is 460 g/mol. The molecule has 5 rings (SSSR count). The molecule has 1 amide bonds. The maximum atomic E-state index is 14.3. The highest BCUT2D eigenvalue weighted by atomic mass is 19.1. The van der Waals surface area contributed by atoms with Gasteiger partial charge in [0.25, 0.3) is 5.91 Å². The van der Waals surface area contributed by atoms with Gasteiger partial charge >= 0.3 is 0 Å². The van der Waals surface area contributed by atoms with Crippen molar-refractivity contribution >= 4 is 11.9 Å². The molecule has 2 aromatic carbocycles. The van der Waals surface area contributed by atoms with Crippen LogP contribution in [-0.4, -0.2) is 67.0 Å². The lowest BCUT2D eigenvalue weighted by atomic mass is 10.2. The second-order valence-corrected chi connectivity index (χ2v) is 7.87. The van der Waals surface area contributed by atoms with Gasteiger partial charge in [-0.1, -0.05) is 35.4 Å². The minimum atomic E-state index is -0.495. The molecule has 1 fully saturated rings. The number of aryl methyl sites for hydroxylation is 1. The summed E-state index contributed by atoms with van der Waals surface area (Å²) in [6.45, 7) is 3.31. The van der Waals surface area contributed by atoms with Gasteiger partial charge in [-0.25, -0.2) is 9.07 Å². The summed E-state index contributed by atoms with van der Waals surface area (Å²) in [4.78, 5) is 29.3. The van der Waals surface area contributed by atoms with Crippen LogP contribution in [0.1, 0.15) is 16.2 Å². The predicted molar refractivity (Wildman–Crippen MR) is 122 cm³/mol. The second kappa shape index (κ2) is 8.85. The van der Waals surface area contributed by atoms with Gasteiger partial charge in [0, 0.05) is 37.9 Å². The number of hydrogen-bond donors (Lipinski definition) is 0. The summed E-state index contributed by atoms with van der Waals surface area (Å²) >= 11 is 0. The largest absolute Gasteiger partial charge is 0.336 e. The van der Waals surface area contributed by atoms with Crippen molar-refractivity contribution in [3.8, 4) is 11.4 Å². The van der Waals surface area contributed by atoms with E-state index in [1.807, 2.05) is 35.2 Å². The highest BCUT2D eigenvalue weighted by Gasteiger charge is 2.28. The monoisotopic (exact) mass is 460 g/mol. The number of benzene rings is 2. The minimum absolute atomic E-state index is 0.173.